The summed E-state index contributed by atoms with van der Waals surface area (Å²) < 4.78 is 0. The van der Waals surface area contributed by atoms with E-state index in [0.717, 1.165) is 28.0 Å². The van der Waals surface area contributed by atoms with Crippen molar-refractivity contribution >= 4 is 28.1 Å². The fourth-order valence-corrected chi connectivity index (χ4v) is 1.95. The third kappa shape index (κ3) is 1.78. The zero-order chi connectivity index (χ0) is 12.5. The Morgan fingerprint density at radius 3 is 2.94 bits per heavy atom. The Bertz CT molecular complexity index is 700. The van der Waals surface area contributed by atoms with E-state index < -0.39 is 0 Å². The van der Waals surface area contributed by atoms with Crippen molar-refractivity contribution < 1.29 is 0 Å². The molecule has 0 saturated heterocycles. The Labute approximate surface area is 105 Å². The van der Waals surface area contributed by atoms with Gasteiger partial charge in [-0.15, -0.1) is 0 Å². The van der Waals surface area contributed by atoms with Gasteiger partial charge in [-0.2, -0.15) is 0 Å². The molecule has 0 fully saturated rings. The molecule has 4 heteroatoms. The van der Waals surface area contributed by atoms with Gasteiger partial charge in [0.15, 0.2) is 0 Å². The lowest BCUT2D eigenvalue weighted by Gasteiger charge is -2.06. The Kier molecular flexibility index (Phi) is 2.41. The molecule has 0 spiro atoms. The molecule has 0 aliphatic heterocycles. The van der Waals surface area contributed by atoms with Crippen LogP contribution in [0.25, 0.3) is 10.9 Å². The third-order valence-corrected chi connectivity index (χ3v) is 3.00. The summed E-state index contributed by atoms with van der Waals surface area (Å²) in [5.74, 6) is 0.798. The second kappa shape index (κ2) is 4.07. The van der Waals surface area contributed by atoms with Gasteiger partial charge in [0, 0.05) is 17.1 Å². The van der Waals surface area contributed by atoms with E-state index >= 15 is 0 Å². The number of aromatic amines is 1. The predicted molar refractivity (Wildman–Crippen MR) is 75.0 cm³/mol. The summed E-state index contributed by atoms with van der Waals surface area (Å²) in [5, 5.41) is 4.44. The van der Waals surface area contributed by atoms with Crippen LogP contribution >= 0.6 is 0 Å². The van der Waals surface area contributed by atoms with Crippen molar-refractivity contribution in [3.05, 3.63) is 48.3 Å². The Balaban J connectivity index is 1.98. The summed E-state index contributed by atoms with van der Waals surface area (Å²) in [7, 11) is 0. The Hall–Kier alpha value is -2.49. The largest absolute Gasteiger partial charge is 0.397 e. The average Bonchev–Trinajstić information content (AvgIpc) is 2.78. The van der Waals surface area contributed by atoms with E-state index in [1.54, 1.807) is 6.20 Å². The van der Waals surface area contributed by atoms with Gasteiger partial charge in [0.2, 0.25) is 0 Å². The first-order valence-corrected chi connectivity index (χ1v) is 5.79. The molecule has 18 heavy (non-hydrogen) atoms. The van der Waals surface area contributed by atoms with Gasteiger partial charge in [-0.3, -0.25) is 0 Å². The summed E-state index contributed by atoms with van der Waals surface area (Å²) in [6, 6.07) is 10.1. The SMILES string of the molecule is Cc1cc(Nc2c[nH]c3ccccc23)ncc1N. The number of aromatic nitrogens is 2. The van der Waals surface area contributed by atoms with Crippen LogP contribution in [0, 0.1) is 6.92 Å². The van der Waals surface area contributed by atoms with E-state index in [2.05, 4.69) is 21.4 Å². The number of nitrogens with zero attached hydrogens (tertiary/aromatic N) is 1. The van der Waals surface area contributed by atoms with Gasteiger partial charge in [0.05, 0.1) is 17.6 Å². The summed E-state index contributed by atoms with van der Waals surface area (Å²) in [4.78, 5) is 7.49. The van der Waals surface area contributed by atoms with Crippen LogP contribution in [0.15, 0.2) is 42.7 Å². The number of rotatable bonds is 2. The normalized spacial score (nSPS) is 10.7. The van der Waals surface area contributed by atoms with Gasteiger partial charge in [0.1, 0.15) is 5.82 Å². The maximum absolute atomic E-state index is 5.76. The van der Waals surface area contributed by atoms with Crippen LogP contribution in [-0.4, -0.2) is 9.97 Å². The highest BCUT2D eigenvalue weighted by Crippen LogP contribution is 2.26. The fraction of sp³-hybridized carbons (Fsp3) is 0.0714. The van der Waals surface area contributed by atoms with E-state index in [4.69, 9.17) is 5.73 Å². The molecule has 4 N–H and O–H groups in total. The summed E-state index contributed by atoms with van der Waals surface area (Å²) in [6.45, 7) is 1.97. The van der Waals surface area contributed by atoms with E-state index in [9.17, 15) is 0 Å². The number of benzene rings is 1. The van der Waals surface area contributed by atoms with Crippen molar-refractivity contribution in [3.63, 3.8) is 0 Å². The second-order valence-corrected chi connectivity index (χ2v) is 4.30. The van der Waals surface area contributed by atoms with E-state index in [0.29, 0.717) is 5.69 Å². The molecule has 3 aromatic rings. The molecule has 0 radical (unpaired) electrons. The molecule has 0 aliphatic carbocycles. The predicted octanol–water partition coefficient (Wildman–Crippen LogP) is 3.20. The van der Waals surface area contributed by atoms with E-state index in [-0.39, 0.29) is 0 Å². The number of nitrogens with two attached hydrogens (primary N) is 1. The number of para-hydroxylation sites is 1. The lowest BCUT2D eigenvalue weighted by atomic mass is 10.2. The topological polar surface area (TPSA) is 66.7 Å². The number of hydrogen-bond donors (Lipinski definition) is 3. The molecule has 4 nitrogen and oxygen atoms in total. The number of pyridine rings is 1. The Morgan fingerprint density at radius 1 is 1.28 bits per heavy atom. The first-order valence-electron chi connectivity index (χ1n) is 5.79. The maximum atomic E-state index is 5.76. The van der Waals surface area contributed by atoms with Crippen molar-refractivity contribution in [3.8, 4) is 0 Å². The van der Waals surface area contributed by atoms with Crippen LogP contribution in [0.1, 0.15) is 5.56 Å². The molecule has 2 aromatic heterocycles. The minimum atomic E-state index is 0.708. The minimum Gasteiger partial charge on any atom is -0.397 e. The van der Waals surface area contributed by atoms with Gasteiger partial charge >= 0.3 is 0 Å². The molecule has 90 valence electrons. The number of nitrogen functional groups attached to an aromatic ring is 1. The molecule has 0 amide bonds. The highest BCUT2D eigenvalue weighted by Gasteiger charge is 2.04. The van der Waals surface area contributed by atoms with Crippen LogP contribution in [-0.2, 0) is 0 Å². The summed E-state index contributed by atoms with van der Waals surface area (Å²) in [6.07, 6.45) is 3.62. The monoisotopic (exact) mass is 238 g/mol. The number of aryl methyl sites for hydroxylation is 1. The molecule has 0 unspecified atom stereocenters. The fourth-order valence-electron chi connectivity index (χ4n) is 1.95. The van der Waals surface area contributed by atoms with Crippen molar-refractivity contribution in [1.82, 2.24) is 9.97 Å². The number of anilines is 3. The number of fused-ring (bicyclic) bond motifs is 1. The van der Waals surface area contributed by atoms with Gasteiger partial charge < -0.3 is 16.0 Å². The van der Waals surface area contributed by atoms with Crippen LogP contribution in [0.5, 0.6) is 0 Å². The van der Waals surface area contributed by atoms with Crippen molar-refractivity contribution in [2.24, 2.45) is 0 Å². The van der Waals surface area contributed by atoms with Gasteiger partial charge in [0.25, 0.3) is 0 Å². The van der Waals surface area contributed by atoms with Crippen LogP contribution < -0.4 is 11.1 Å². The average molecular weight is 238 g/mol. The first kappa shape index (κ1) is 10.7. The quantitative estimate of drug-likeness (QED) is 0.642. The van der Waals surface area contributed by atoms with E-state index in [1.807, 2.05) is 37.4 Å². The molecule has 0 atom stereocenters. The second-order valence-electron chi connectivity index (χ2n) is 4.30. The molecule has 0 saturated carbocycles. The highest BCUT2D eigenvalue weighted by molar-refractivity contribution is 5.93. The van der Waals surface area contributed by atoms with Crippen LogP contribution in [0.4, 0.5) is 17.2 Å². The molecular formula is C14H14N4. The zero-order valence-corrected chi connectivity index (χ0v) is 10.1. The molecule has 1 aromatic carbocycles. The smallest absolute Gasteiger partial charge is 0.130 e. The minimum absolute atomic E-state index is 0.708. The lowest BCUT2D eigenvalue weighted by molar-refractivity contribution is 1.28. The molecule has 3 rings (SSSR count). The first-order chi connectivity index (χ1) is 8.74. The number of hydrogen-bond acceptors (Lipinski definition) is 3. The van der Waals surface area contributed by atoms with Gasteiger partial charge in [-0.1, -0.05) is 18.2 Å². The Morgan fingerprint density at radius 2 is 2.11 bits per heavy atom. The van der Waals surface area contributed by atoms with E-state index in [1.165, 1.54) is 0 Å². The molecule has 0 bridgehead atoms. The zero-order valence-electron chi connectivity index (χ0n) is 10.1. The van der Waals surface area contributed by atoms with Gasteiger partial charge in [-0.05, 0) is 24.6 Å². The standard InChI is InChI=1S/C14H14N4/c1-9-6-14(17-7-11(9)15)18-13-8-16-12-5-3-2-4-10(12)13/h2-8,16H,15H2,1H3,(H,17,18). The number of nitrogens with one attached hydrogen (secondary N) is 2. The van der Waals surface area contributed by atoms with Crippen molar-refractivity contribution in [2.75, 3.05) is 11.1 Å². The molecule has 2 heterocycles. The summed E-state index contributed by atoms with van der Waals surface area (Å²) >= 11 is 0. The van der Waals surface area contributed by atoms with Gasteiger partial charge in [-0.25, -0.2) is 4.98 Å². The third-order valence-electron chi connectivity index (χ3n) is 3.00. The molecular weight excluding hydrogens is 224 g/mol. The number of H-pyrrole nitrogens is 1. The molecule has 0 aliphatic rings. The summed E-state index contributed by atoms with van der Waals surface area (Å²) in [5.41, 5.74) is 9.60. The van der Waals surface area contributed by atoms with Crippen molar-refractivity contribution in [1.29, 1.82) is 0 Å². The van der Waals surface area contributed by atoms with Crippen LogP contribution in [0.3, 0.4) is 0 Å². The van der Waals surface area contributed by atoms with Crippen LogP contribution in [0.2, 0.25) is 0 Å². The lowest BCUT2D eigenvalue weighted by Crippen LogP contribution is -1.96. The maximum Gasteiger partial charge on any atom is 0.130 e. The highest BCUT2D eigenvalue weighted by atomic mass is 15.0. The van der Waals surface area contributed by atoms with Crippen molar-refractivity contribution in [2.45, 2.75) is 6.92 Å².